The molecule has 26 heavy (non-hydrogen) atoms. The number of likely N-dealkylation sites (tertiary alicyclic amines) is 1. The first-order chi connectivity index (χ1) is 12.5. The number of rotatable bonds is 5. The van der Waals surface area contributed by atoms with Crippen LogP contribution in [0.4, 0.5) is 0 Å². The van der Waals surface area contributed by atoms with E-state index in [-0.39, 0.29) is 18.2 Å². The first-order valence-electron chi connectivity index (χ1n) is 9.53. The predicted octanol–water partition coefficient (Wildman–Crippen LogP) is 1.27. The zero-order chi connectivity index (χ0) is 18.7. The van der Waals surface area contributed by atoms with Gasteiger partial charge in [0.2, 0.25) is 0 Å². The quantitative estimate of drug-likeness (QED) is 0.824. The molecule has 144 valence electrons. The lowest BCUT2D eigenvalue weighted by Crippen LogP contribution is -2.57. The van der Waals surface area contributed by atoms with Gasteiger partial charge in [-0.1, -0.05) is 0 Å². The average molecular weight is 362 g/mol. The molecule has 1 aromatic rings. The van der Waals surface area contributed by atoms with E-state index >= 15 is 0 Å². The van der Waals surface area contributed by atoms with Gasteiger partial charge in [0.1, 0.15) is 0 Å². The lowest BCUT2D eigenvalue weighted by atomic mass is 9.86. The van der Waals surface area contributed by atoms with Crippen molar-refractivity contribution >= 4 is 11.9 Å². The Morgan fingerprint density at radius 1 is 1.23 bits per heavy atom. The van der Waals surface area contributed by atoms with Crippen molar-refractivity contribution in [3.05, 3.63) is 23.5 Å². The minimum absolute atomic E-state index is 0.0564. The van der Waals surface area contributed by atoms with Gasteiger partial charge in [0.25, 0.3) is 5.91 Å². The second-order valence-corrected chi connectivity index (χ2v) is 7.66. The number of aromatic amines is 1. The minimum Gasteiger partial charge on any atom is -0.481 e. The number of hydrogen-bond acceptors (Lipinski definition) is 4. The number of aromatic nitrogens is 1. The van der Waals surface area contributed by atoms with Gasteiger partial charge in [-0.05, 0) is 38.8 Å². The smallest absolute Gasteiger partial charge is 0.303 e. The largest absolute Gasteiger partial charge is 0.481 e. The maximum absolute atomic E-state index is 12.9. The van der Waals surface area contributed by atoms with Crippen LogP contribution in [0.1, 0.15) is 35.3 Å². The Morgan fingerprint density at radius 3 is 2.58 bits per heavy atom. The van der Waals surface area contributed by atoms with Gasteiger partial charge >= 0.3 is 5.97 Å². The van der Waals surface area contributed by atoms with Crippen molar-refractivity contribution in [2.45, 2.75) is 32.2 Å². The molecule has 7 heteroatoms. The van der Waals surface area contributed by atoms with Gasteiger partial charge in [0.05, 0.1) is 5.56 Å². The Kier molecular flexibility index (Phi) is 5.98. The molecule has 2 atom stereocenters. The SMILES string of the molecule is Cc1[nH]ccc1C(=O)N1CC[C@@H](N2CCN(C)CC2)[C@@H](CCC(=O)O)C1. The van der Waals surface area contributed by atoms with Crippen LogP contribution < -0.4 is 0 Å². The summed E-state index contributed by atoms with van der Waals surface area (Å²) in [7, 11) is 2.14. The van der Waals surface area contributed by atoms with E-state index in [1.165, 1.54) is 0 Å². The molecule has 3 heterocycles. The average Bonchev–Trinajstić information content (AvgIpc) is 3.06. The third kappa shape index (κ3) is 4.27. The number of likely N-dealkylation sites (N-methyl/N-ethyl adjacent to an activating group) is 1. The Bertz CT molecular complexity index is 636. The van der Waals surface area contributed by atoms with Crippen LogP contribution in [0.25, 0.3) is 0 Å². The Balaban J connectivity index is 1.69. The van der Waals surface area contributed by atoms with E-state index < -0.39 is 5.97 Å². The number of piperidine rings is 1. The topological polar surface area (TPSA) is 79.9 Å². The van der Waals surface area contributed by atoms with E-state index in [1.54, 1.807) is 6.20 Å². The summed E-state index contributed by atoms with van der Waals surface area (Å²) in [5, 5.41) is 9.13. The molecule has 2 aliphatic heterocycles. The fourth-order valence-electron chi connectivity index (χ4n) is 4.29. The van der Waals surface area contributed by atoms with E-state index in [0.29, 0.717) is 19.0 Å². The van der Waals surface area contributed by atoms with Crippen molar-refractivity contribution in [2.75, 3.05) is 46.3 Å². The van der Waals surface area contributed by atoms with Gasteiger partial charge in [0.15, 0.2) is 0 Å². The van der Waals surface area contributed by atoms with Crippen LogP contribution in [0.2, 0.25) is 0 Å². The van der Waals surface area contributed by atoms with Crippen LogP contribution in [0, 0.1) is 12.8 Å². The highest BCUT2D eigenvalue weighted by Crippen LogP contribution is 2.28. The number of H-pyrrole nitrogens is 1. The van der Waals surface area contributed by atoms with Gasteiger partial charge in [-0.3, -0.25) is 14.5 Å². The van der Waals surface area contributed by atoms with Gasteiger partial charge in [-0.2, -0.15) is 0 Å². The first kappa shape index (κ1) is 18.9. The first-order valence-corrected chi connectivity index (χ1v) is 9.53. The summed E-state index contributed by atoms with van der Waals surface area (Å²) >= 11 is 0. The van der Waals surface area contributed by atoms with Crippen molar-refractivity contribution < 1.29 is 14.7 Å². The van der Waals surface area contributed by atoms with Gasteiger partial charge in [-0.15, -0.1) is 0 Å². The number of amides is 1. The Labute approximate surface area is 154 Å². The van der Waals surface area contributed by atoms with Crippen molar-refractivity contribution in [1.29, 1.82) is 0 Å². The van der Waals surface area contributed by atoms with Crippen LogP contribution in [0.5, 0.6) is 0 Å². The molecule has 0 saturated carbocycles. The maximum Gasteiger partial charge on any atom is 0.303 e. The highest BCUT2D eigenvalue weighted by atomic mass is 16.4. The Hall–Kier alpha value is -1.86. The number of nitrogens with one attached hydrogen (secondary N) is 1. The van der Waals surface area contributed by atoms with Crippen LogP contribution in [-0.2, 0) is 4.79 Å². The van der Waals surface area contributed by atoms with E-state index in [9.17, 15) is 9.59 Å². The highest BCUT2D eigenvalue weighted by molar-refractivity contribution is 5.95. The fourth-order valence-corrected chi connectivity index (χ4v) is 4.29. The molecule has 0 unspecified atom stereocenters. The molecule has 2 aliphatic rings. The molecular weight excluding hydrogens is 332 g/mol. The molecule has 0 spiro atoms. The van der Waals surface area contributed by atoms with Crippen LogP contribution in [-0.4, -0.2) is 89.0 Å². The molecule has 1 aromatic heterocycles. The van der Waals surface area contributed by atoms with Gasteiger partial charge < -0.3 is 19.9 Å². The number of aryl methyl sites for hydroxylation is 1. The van der Waals surface area contributed by atoms with Crippen molar-refractivity contribution in [2.24, 2.45) is 5.92 Å². The third-order valence-corrected chi connectivity index (χ3v) is 5.90. The summed E-state index contributed by atoms with van der Waals surface area (Å²) in [6.07, 6.45) is 3.51. The number of carbonyl (C=O) groups excluding carboxylic acids is 1. The highest BCUT2D eigenvalue weighted by Gasteiger charge is 2.36. The summed E-state index contributed by atoms with van der Waals surface area (Å²) < 4.78 is 0. The molecule has 2 saturated heterocycles. The molecule has 7 nitrogen and oxygen atoms in total. The number of aliphatic carboxylic acids is 1. The molecular formula is C19H30N4O3. The molecule has 2 N–H and O–H groups in total. The Morgan fingerprint density at radius 2 is 1.96 bits per heavy atom. The van der Waals surface area contributed by atoms with E-state index in [2.05, 4.69) is 21.8 Å². The summed E-state index contributed by atoms with van der Waals surface area (Å²) in [5.74, 6) is -0.487. The van der Waals surface area contributed by atoms with Crippen LogP contribution >= 0.6 is 0 Å². The zero-order valence-corrected chi connectivity index (χ0v) is 15.8. The van der Waals surface area contributed by atoms with Gasteiger partial charge in [-0.25, -0.2) is 0 Å². The second kappa shape index (κ2) is 8.22. The van der Waals surface area contributed by atoms with Crippen LogP contribution in [0.3, 0.4) is 0 Å². The lowest BCUT2D eigenvalue weighted by Gasteiger charge is -2.46. The second-order valence-electron chi connectivity index (χ2n) is 7.66. The fraction of sp³-hybridized carbons (Fsp3) is 0.684. The van der Waals surface area contributed by atoms with E-state index in [1.807, 2.05) is 17.9 Å². The van der Waals surface area contributed by atoms with Crippen molar-refractivity contribution in [1.82, 2.24) is 19.7 Å². The number of carboxylic acids is 1. The summed E-state index contributed by atoms with van der Waals surface area (Å²) in [5.41, 5.74) is 1.61. The summed E-state index contributed by atoms with van der Waals surface area (Å²) in [6, 6.07) is 2.20. The van der Waals surface area contributed by atoms with E-state index in [0.717, 1.165) is 50.4 Å². The predicted molar refractivity (Wildman–Crippen MR) is 99.3 cm³/mol. The summed E-state index contributed by atoms with van der Waals surface area (Å²) in [6.45, 7) is 7.44. The molecule has 0 aromatic carbocycles. The number of carbonyl (C=O) groups is 2. The zero-order valence-electron chi connectivity index (χ0n) is 15.8. The van der Waals surface area contributed by atoms with E-state index in [4.69, 9.17) is 5.11 Å². The standard InChI is InChI=1S/C19H30N4O3/c1-14-16(5-7-20-14)19(26)23-8-6-17(15(13-23)3-4-18(24)25)22-11-9-21(2)10-12-22/h5,7,15,17,20H,3-4,6,8-13H2,1-2H3,(H,24,25)/t15-,17+/m0/s1. The molecule has 0 aliphatic carbocycles. The van der Waals surface area contributed by atoms with Crippen LogP contribution in [0.15, 0.2) is 12.3 Å². The normalized spacial score (nSPS) is 25.4. The summed E-state index contributed by atoms with van der Waals surface area (Å²) in [4.78, 5) is 33.8. The molecule has 2 fully saturated rings. The number of carboxylic acid groups (broad SMARTS) is 1. The molecule has 3 rings (SSSR count). The third-order valence-electron chi connectivity index (χ3n) is 5.90. The number of piperazine rings is 1. The molecule has 0 radical (unpaired) electrons. The molecule has 0 bridgehead atoms. The number of nitrogens with zero attached hydrogens (tertiary/aromatic N) is 3. The van der Waals surface area contributed by atoms with Gasteiger partial charge in [0, 0.05) is 63.6 Å². The van der Waals surface area contributed by atoms with Crippen molar-refractivity contribution in [3.63, 3.8) is 0 Å². The molecule has 1 amide bonds. The lowest BCUT2D eigenvalue weighted by molar-refractivity contribution is -0.137. The maximum atomic E-state index is 12.9. The van der Waals surface area contributed by atoms with Crippen molar-refractivity contribution in [3.8, 4) is 0 Å². The monoisotopic (exact) mass is 362 g/mol. The minimum atomic E-state index is -0.757. The number of hydrogen-bond donors (Lipinski definition) is 2.